The SMILES string of the molecule is COc1cc(C(=S)NC[C@H]2CCCO2)ccc1OCc1ccccc1Cl. The lowest BCUT2D eigenvalue weighted by atomic mass is 10.2. The van der Waals surface area contributed by atoms with Gasteiger partial charge in [0.2, 0.25) is 0 Å². The lowest BCUT2D eigenvalue weighted by Gasteiger charge is -2.15. The number of hydrogen-bond donors (Lipinski definition) is 1. The van der Waals surface area contributed by atoms with E-state index in [4.69, 9.17) is 38.0 Å². The van der Waals surface area contributed by atoms with Crippen molar-refractivity contribution in [3.05, 3.63) is 58.6 Å². The van der Waals surface area contributed by atoms with E-state index in [1.807, 2.05) is 42.5 Å². The first kappa shape index (κ1) is 19.0. The first-order valence-corrected chi connectivity index (χ1v) is 9.40. The van der Waals surface area contributed by atoms with Crippen LogP contribution in [-0.2, 0) is 11.3 Å². The molecule has 1 saturated heterocycles. The molecule has 1 aliphatic rings. The van der Waals surface area contributed by atoms with Gasteiger partial charge in [0.15, 0.2) is 11.5 Å². The van der Waals surface area contributed by atoms with Crippen LogP contribution in [0.1, 0.15) is 24.0 Å². The van der Waals surface area contributed by atoms with E-state index in [1.54, 1.807) is 7.11 Å². The fraction of sp³-hybridized carbons (Fsp3) is 0.350. The summed E-state index contributed by atoms with van der Waals surface area (Å²) in [5, 5.41) is 3.95. The third-order valence-corrected chi connectivity index (χ3v) is 5.03. The Balaban J connectivity index is 1.63. The highest BCUT2D eigenvalue weighted by Gasteiger charge is 2.16. The minimum atomic E-state index is 0.244. The van der Waals surface area contributed by atoms with Crippen LogP contribution in [0.2, 0.25) is 5.02 Å². The zero-order valence-corrected chi connectivity index (χ0v) is 16.2. The van der Waals surface area contributed by atoms with E-state index in [2.05, 4.69) is 5.32 Å². The van der Waals surface area contributed by atoms with Crippen LogP contribution in [0.25, 0.3) is 0 Å². The number of thiocarbonyl (C=S) groups is 1. The molecule has 0 radical (unpaired) electrons. The smallest absolute Gasteiger partial charge is 0.161 e. The van der Waals surface area contributed by atoms with E-state index in [0.29, 0.717) is 28.1 Å². The molecule has 1 aliphatic heterocycles. The van der Waals surface area contributed by atoms with Crippen LogP contribution in [0.3, 0.4) is 0 Å². The summed E-state index contributed by atoms with van der Waals surface area (Å²) in [6, 6.07) is 13.3. The Morgan fingerprint density at radius 2 is 2.12 bits per heavy atom. The Bertz CT molecular complexity index is 762. The van der Waals surface area contributed by atoms with E-state index >= 15 is 0 Å². The summed E-state index contributed by atoms with van der Waals surface area (Å²) in [5.41, 5.74) is 1.81. The third kappa shape index (κ3) is 4.87. The second-order valence-electron chi connectivity index (χ2n) is 6.09. The quantitative estimate of drug-likeness (QED) is 0.709. The lowest BCUT2D eigenvalue weighted by Crippen LogP contribution is -2.31. The van der Waals surface area contributed by atoms with E-state index in [9.17, 15) is 0 Å². The average molecular weight is 392 g/mol. The van der Waals surface area contributed by atoms with Crippen molar-refractivity contribution in [1.82, 2.24) is 5.32 Å². The molecule has 0 spiro atoms. The van der Waals surface area contributed by atoms with Crippen LogP contribution in [0, 0.1) is 0 Å². The minimum absolute atomic E-state index is 0.244. The molecule has 6 heteroatoms. The molecule has 0 amide bonds. The molecule has 2 aromatic carbocycles. The molecule has 1 N–H and O–H groups in total. The largest absolute Gasteiger partial charge is 0.493 e. The molecule has 1 atom stereocenters. The van der Waals surface area contributed by atoms with E-state index in [-0.39, 0.29) is 6.10 Å². The van der Waals surface area contributed by atoms with Gasteiger partial charge >= 0.3 is 0 Å². The number of methoxy groups -OCH3 is 1. The van der Waals surface area contributed by atoms with Crippen LogP contribution < -0.4 is 14.8 Å². The molecule has 0 aromatic heterocycles. The predicted molar refractivity (Wildman–Crippen MR) is 107 cm³/mol. The van der Waals surface area contributed by atoms with Gasteiger partial charge in [-0.1, -0.05) is 42.0 Å². The van der Waals surface area contributed by atoms with Crippen LogP contribution in [0.15, 0.2) is 42.5 Å². The molecule has 138 valence electrons. The number of nitrogens with one attached hydrogen (secondary N) is 1. The molecular formula is C20H22ClNO3S. The zero-order valence-electron chi connectivity index (χ0n) is 14.7. The molecular weight excluding hydrogens is 370 g/mol. The van der Waals surface area contributed by atoms with E-state index in [1.165, 1.54) is 0 Å². The maximum Gasteiger partial charge on any atom is 0.161 e. The second-order valence-corrected chi connectivity index (χ2v) is 6.91. The van der Waals surface area contributed by atoms with Gasteiger partial charge in [-0.2, -0.15) is 0 Å². The third-order valence-electron chi connectivity index (χ3n) is 4.28. The molecule has 0 saturated carbocycles. The molecule has 3 rings (SSSR count). The normalized spacial score (nSPS) is 16.3. The van der Waals surface area contributed by atoms with Crippen molar-refractivity contribution in [2.24, 2.45) is 0 Å². The van der Waals surface area contributed by atoms with Crippen LogP contribution in [0.4, 0.5) is 0 Å². The Kier molecular flexibility index (Phi) is 6.72. The summed E-state index contributed by atoms with van der Waals surface area (Å²) in [7, 11) is 1.62. The standard InChI is InChI=1S/C20H22ClNO3S/c1-23-19-11-14(20(26)22-12-16-6-4-10-24-16)8-9-18(19)25-13-15-5-2-3-7-17(15)21/h2-3,5,7-9,11,16H,4,6,10,12-13H2,1H3,(H,22,26)/t16-/m1/s1. The average Bonchev–Trinajstić information content (AvgIpc) is 3.19. The topological polar surface area (TPSA) is 39.7 Å². The number of rotatable bonds is 7. The van der Waals surface area contributed by atoms with Crippen molar-refractivity contribution in [1.29, 1.82) is 0 Å². The highest BCUT2D eigenvalue weighted by molar-refractivity contribution is 7.80. The fourth-order valence-electron chi connectivity index (χ4n) is 2.81. The Labute approximate surface area is 164 Å². The Morgan fingerprint density at radius 1 is 1.27 bits per heavy atom. The molecule has 2 aromatic rings. The number of halogens is 1. The van der Waals surface area contributed by atoms with Crippen LogP contribution >= 0.6 is 23.8 Å². The summed E-state index contributed by atoms with van der Waals surface area (Å²) < 4.78 is 16.9. The number of benzene rings is 2. The predicted octanol–water partition coefficient (Wildman–Crippen LogP) is 4.37. The van der Waals surface area contributed by atoms with Gasteiger partial charge in [0.05, 0.1) is 13.2 Å². The first-order valence-electron chi connectivity index (χ1n) is 8.61. The number of ether oxygens (including phenoxy) is 3. The van der Waals surface area contributed by atoms with Gasteiger partial charge in [-0.3, -0.25) is 0 Å². The summed E-state index contributed by atoms with van der Waals surface area (Å²) in [5.74, 6) is 1.29. The van der Waals surface area contributed by atoms with Gasteiger partial charge in [0, 0.05) is 29.3 Å². The van der Waals surface area contributed by atoms with Gasteiger partial charge in [-0.05, 0) is 37.1 Å². The zero-order chi connectivity index (χ0) is 18.4. The highest BCUT2D eigenvalue weighted by Crippen LogP contribution is 2.29. The van der Waals surface area contributed by atoms with Gasteiger partial charge in [-0.15, -0.1) is 0 Å². The minimum Gasteiger partial charge on any atom is -0.493 e. The Morgan fingerprint density at radius 3 is 2.85 bits per heavy atom. The van der Waals surface area contributed by atoms with Crippen molar-refractivity contribution < 1.29 is 14.2 Å². The second kappa shape index (κ2) is 9.21. The maximum absolute atomic E-state index is 6.17. The molecule has 1 heterocycles. The van der Waals surface area contributed by atoms with Crippen LogP contribution in [0.5, 0.6) is 11.5 Å². The maximum atomic E-state index is 6.17. The fourth-order valence-corrected chi connectivity index (χ4v) is 3.21. The van der Waals surface area contributed by atoms with Crippen molar-refractivity contribution in [3.8, 4) is 11.5 Å². The molecule has 0 bridgehead atoms. The highest BCUT2D eigenvalue weighted by atomic mass is 35.5. The van der Waals surface area contributed by atoms with Gasteiger partial charge in [-0.25, -0.2) is 0 Å². The van der Waals surface area contributed by atoms with Gasteiger partial charge < -0.3 is 19.5 Å². The molecule has 0 unspecified atom stereocenters. The van der Waals surface area contributed by atoms with Gasteiger partial charge in [0.1, 0.15) is 11.6 Å². The summed E-state index contributed by atoms with van der Waals surface area (Å²) in [6.07, 6.45) is 2.44. The van der Waals surface area contributed by atoms with Crippen molar-refractivity contribution in [2.45, 2.75) is 25.6 Å². The van der Waals surface area contributed by atoms with Crippen molar-refractivity contribution in [3.63, 3.8) is 0 Å². The first-order chi connectivity index (χ1) is 12.7. The van der Waals surface area contributed by atoms with Gasteiger partial charge in [0.25, 0.3) is 0 Å². The monoisotopic (exact) mass is 391 g/mol. The van der Waals surface area contributed by atoms with Crippen molar-refractivity contribution >= 4 is 28.8 Å². The summed E-state index contributed by atoms with van der Waals surface area (Å²) >= 11 is 11.7. The molecule has 26 heavy (non-hydrogen) atoms. The molecule has 4 nitrogen and oxygen atoms in total. The van der Waals surface area contributed by atoms with Crippen LogP contribution in [-0.4, -0.2) is 31.4 Å². The summed E-state index contributed by atoms with van der Waals surface area (Å²) in [6.45, 7) is 1.94. The number of hydrogen-bond acceptors (Lipinski definition) is 4. The van der Waals surface area contributed by atoms with E-state index in [0.717, 1.165) is 37.1 Å². The summed E-state index contributed by atoms with van der Waals surface area (Å²) in [4.78, 5) is 0.677. The van der Waals surface area contributed by atoms with Crippen molar-refractivity contribution in [2.75, 3.05) is 20.3 Å². The Hall–Kier alpha value is -1.82. The molecule has 0 aliphatic carbocycles. The van der Waals surface area contributed by atoms with E-state index < -0.39 is 0 Å². The lowest BCUT2D eigenvalue weighted by molar-refractivity contribution is 0.114. The molecule has 1 fully saturated rings.